The van der Waals surface area contributed by atoms with E-state index in [1.54, 1.807) is 18.2 Å². The topological polar surface area (TPSA) is 49.4 Å². The standard InChI is InChI=1S/C20H26Cl2N2O2/c21-17-8-7-16(11-18(17)22)20(26)24-9-3-6-15(13-24)12-23-19(25)10-14-4-1-2-5-14/h7-8,11,14-15H,1-6,9-10,12-13H2,(H,23,25). The van der Waals surface area contributed by atoms with Crippen molar-refractivity contribution in [3.8, 4) is 0 Å². The minimum Gasteiger partial charge on any atom is -0.356 e. The highest BCUT2D eigenvalue weighted by molar-refractivity contribution is 6.42. The Labute approximate surface area is 165 Å². The Bertz CT molecular complexity index is 659. The molecule has 1 atom stereocenters. The van der Waals surface area contributed by atoms with Crippen molar-refractivity contribution < 1.29 is 9.59 Å². The van der Waals surface area contributed by atoms with E-state index in [-0.39, 0.29) is 11.8 Å². The fourth-order valence-corrected chi connectivity index (χ4v) is 4.33. The van der Waals surface area contributed by atoms with Crippen LogP contribution in [-0.2, 0) is 4.79 Å². The fourth-order valence-electron chi connectivity index (χ4n) is 4.03. The van der Waals surface area contributed by atoms with Gasteiger partial charge in [0.1, 0.15) is 0 Å². The average molecular weight is 397 g/mol. The number of benzene rings is 1. The molecule has 0 spiro atoms. The van der Waals surface area contributed by atoms with E-state index in [4.69, 9.17) is 23.2 Å². The molecule has 1 aliphatic heterocycles. The highest BCUT2D eigenvalue weighted by Crippen LogP contribution is 2.27. The van der Waals surface area contributed by atoms with Crippen molar-refractivity contribution in [2.45, 2.75) is 44.9 Å². The third-order valence-electron chi connectivity index (χ3n) is 5.51. The highest BCUT2D eigenvalue weighted by atomic mass is 35.5. The summed E-state index contributed by atoms with van der Waals surface area (Å²) in [5, 5.41) is 3.92. The first-order chi connectivity index (χ1) is 12.5. The molecule has 3 rings (SSSR count). The molecule has 1 aromatic carbocycles. The maximum absolute atomic E-state index is 12.7. The zero-order chi connectivity index (χ0) is 18.5. The van der Waals surface area contributed by atoms with E-state index in [1.807, 2.05) is 4.90 Å². The molecule has 26 heavy (non-hydrogen) atoms. The van der Waals surface area contributed by atoms with Crippen LogP contribution < -0.4 is 5.32 Å². The highest BCUT2D eigenvalue weighted by Gasteiger charge is 2.25. The SMILES string of the molecule is O=C(CC1CCCC1)NCC1CCCN(C(=O)c2ccc(Cl)c(Cl)c2)C1. The normalized spacial score (nSPS) is 21.0. The van der Waals surface area contributed by atoms with E-state index in [0.29, 0.717) is 47.0 Å². The smallest absolute Gasteiger partial charge is 0.253 e. The lowest BCUT2D eigenvalue weighted by atomic mass is 9.97. The zero-order valence-electron chi connectivity index (χ0n) is 15.0. The van der Waals surface area contributed by atoms with E-state index in [1.165, 1.54) is 25.7 Å². The van der Waals surface area contributed by atoms with Gasteiger partial charge in [0.25, 0.3) is 5.91 Å². The summed E-state index contributed by atoms with van der Waals surface area (Å²) in [5.41, 5.74) is 0.560. The Morgan fingerprint density at radius 1 is 1.04 bits per heavy atom. The number of carbonyl (C=O) groups excluding carboxylic acids is 2. The molecule has 142 valence electrons. The number of rotatable bonds is 5. The van der Waals surface area contributed by atoms with Crippen molar-refractivity contribution in [1.29, 1.82) is 0 Å². The third kappa shape index (κ3) is 5.14. The molecular formula is C20H26Cl2N2O2. The van der Waals surface area contributed by atoms with Crippen molar-refractivity contribution in [3.05, 3.63) is 33.8 Å². The number of likely N-dealkylation sites (tertiary alicyclic amines) is 1. The van der Waals surface area contributed by atoms with Gasteiger partial charge < -0.3 is 10.2 Å². The number of halogens is 2. The van der Waals surface area contributed by atoms with Crippen LogP contribution in [0.3, 0.4) is 0 Å². The second-order valence-corrected chi connectivity index (χ2v) is 8.36. The van der Waals surface area contributed by atoms with Gasteiger partial charge in [-0.25, -0.2) is 0 Å². The van der Waals surface area contributed by atoms with Gasteiger partial charge in [-0.1, -0.05) is 36.0 Å². The first kappa shape index (κ1) is 19.5. The number of nitrogens with one attached hydrogen (secondary N) is 1. The Kier molecular flexibility index (Phi) is 6.82. The van der Waals surface area contributed by atoms with E-state index in [0.717, 1.165) is 19.4 Å². The van der Waals surface area contributed by atoms with Crippen LogP contribution in [0.5, 0.6) is 0 Å². The number of hydrogen-bond acceptors (Lipinski definition) is 2. The molecule has 1 aliphatic carbocycles. The number of hydrogen-bond donors (Lipinski definition) is 1. The first-order valence-corrected chi connectivity index (χ1v) is 10.3. The molecule has 2 amide bonds. The predicted octanol–water partition coefficient (Wildman–Crippen LogP) is 4.54. The largest absolute Gasteiger partial charge is 0.356 e. The summed E-state index contributed by atoms with van der Waals surface area (Å²) in [6.07, 6.45) is 7.52. The van der Waals surface area contributed by atoms with Gasteiger partial charge in [0.2, 0.25) is 5.91 Å². The summed E-state index contributed by atoms with van der Waals surface area (Å²) in [7, 11) is 0. The predicted molar refractivity (Wildman–Crippen MR) is 105 cm³/mol. The van der Waals surface area contributed by atoms with Crippen molar-refractivity contribution in [3.63, 3.8) is 0 Å². The monoisotopic (exact) mass is 396 g/mol. The minimum atomic E-state index is -0.0226. The molecule has 0 bridgehead atoms. The molecule has 0 radical (unpaired) electrons. The average Bonchev–Trinajstić information content (AvgIpc) is 3.15. The van der Waals surface area contributed by atoms with Crippen molar-refractivity contribution in [2.24, 2.45) is 11.8 Å². The molecule has 4 nitrogen and oxygen atoms in total. The molecule has 2 aliphatic rings. The maximum Gasteiger partial charge on any atom is 0.253 e. The van der Waals surface area contributed by atoms with Gasteiger partial charge in [0, 0.05) is 31.6 Å². The molecule has 0 aromatic heterocycles. The molecule has 1 heterocycles. The van der Waals surface area contributed by atoms with Crippen LogP contribution in [0.1, 0.15) is 55.3 Å². The van der Waals surface area contributed by atoms with Gasteiger partial charge in [0.05, 0.1) is 10.0 Å². The Balaban J connectivity index is 1.49. The van der Waals surface area contributed by atoms with Crippen molar-refractivity contribution >= 4 is 35.0 Å². The Hall–Kier alpha value is -1.26. The van der Waals surface area contributed by atoms with Crippen LogP contribution in [0.4, 0.5) is 0 Å². The van der Waals surface area contributed by atoms with Crippen LogP contribution in [0.15, 0.2) is 18.2 Å². The summed E-state index contributed by atoms with van der Waals surface area (Å²) >= 11 is 12.0. The summed E-state index contributed by atoms with van der Waals surface area (Å²) in [4.78, 5) is 26.7. The minimum absolute atomic E-state index is 0.0226. The second-order valence-electron chi connectivity index (χ2n) is 7.55. The molecule has 2 fully saturated rings. The summed E-state index contributed by atoms with van der Waals surface area (Å²) in [6.45, 7) is 2.06. The molecule has 1 saturated carbocycles. The Morgan fingerprint density at radius 2 is 1.77 bits per heavy atom. The van der Waals surface area contributed by atoms with Gasteiger partial charge in [-0.15, -0.1) is 0 Å². The van der Waals surface area contributed by atoms with Gasteiger partial charge in [-0.05, 0) is 55.7 Å². The fraction of sp³-hybridized carbons (Fsp3) is 0.600. The van der Waals surface area contributed by atoms with E-state index in [2.05, 4.69) is 5.32 Å². The van der Waals surface area contributed by atoms with Crippen LogP contribution in [0.25, 0.3) is 0 Å². The first-order valence-electron chi connectivity index (χ1n) is 9.54. The van der Waals surface area contributed by atoms with Crippen LogP contribution >= 0.6 is 23.2 Å². The Morgan fingerprint density at radius 3 is 2.50 bits per heavy atom. The lowest BCUT2D eigenvalue weighted by Crippen LogP contribution is -2.43. The van der Waals surface area contributed by atoms with Gasteiger partial charge >= 0.3 is 0 Å². The lowest BCUT2D eigenvalue weighted by Gasteiger charge is -2.33. The molecule has 1 saturated heterocycles. The number of carbonyl (C=O) groups is 2. The van der Waals surface area contributed by atoms with Crippen LogP contribution in [0, 0.1) is 11.8 Å². The van der Waals surface area contributed by atoms with Crippen LogP contribution in [-0.4, -0.2) is 36.3 Å². The van der Waals surface area contributed by atoms with Crippen molar-refractivity contribution in [1.82, 2.24) is 10.2 Å². The van der Waals surface area contributed by atoms with E-state index in [9.17, 15) is 9.59 Å². The third-order valence-corrected chi connectivity index (χ3v) is 6.25. The van der Waals surface area contributed by atoms with Crippen molar-refractivity contribution in [2.75, 3.05) is 19.6 Å². The summed E-state index contributed by atoms with van der Waals surface area (Å²) in [5.74, 6) is 1.01. The van der Waals surface area contributed by atoms with Crippen LogP contribution in [0.2, 0.25) is 10.0 Å². The lowest BCUT2D eigenvalue weighted by molar-refractivity contribution is -0.122. The van der Waals surface area contributed by atoms with Gasteiger partial charge in [-0.2, -0.15) is 0 Å². The zero-order valence-corrected chi connectivity index (χ0v) is 16.5. The quantitative estimate of drug-likeness (QED) is 0.793. The summed E-state index contributed by atoms with van der Waals surface area (Å²) < 4.78 is 0. The van der Waals surface area contributed by atoms with E-state index >= 15 is 0 Å². The molecule has 1 unspecified atom stereocenters. The number of nitrogens with zero attached hydrogens (tertiary/aromatic N) is 1. The molecule has 1 aromatic rings. The summed E-state index contributed by atoms with van der Waals surface area (Å²) in [6, 6.07) is 4.99. The van der Waals surface area contributed by atoms with Gasteiger partial charge in [0.15, 0.2) is 0 Å². The maximum atomic E-state index is 12.7. The second kappa shape index (κ2) is 9.09. The molecule has 6 heteroatoms. The number of piperidine rings is 1. The molecule has 1 N–H and O–H groups in total. The molecular weight excluding hydrogens is 371 g/mol. The number of amides is 2. The van der Waals surface area contributed by atoms with E-state index < -0.39 is 0 Å². The van der Waals surface area contributed by atoms with Gasteiger partial charge in [-0.3, -0.25) is 9.59 Å².